The van der Waals surface area contributed by atoms with Crippen LogP contribution in [0.5, 0.6) is 0 Å². The van der Waals surface area contributed by atoms with Crippen LogP contribution in [0.25, 0.3) is 44.7 Å². The van der Waals surface area contributed by atoms with Gasteiger partial charge in [-0.25, -0.2) is 9.97 Å². The lowest BCUT2D eigenvalue weighted by Gasteiger charge is -2.30. The van der Waals surface area contributed by atoms with E-state index in [0.717, 1.165) is 71.3 Å². The van der Waals surface area contributed by atoms with Crippen molar-refractivity contribution >= 4 is 51.1 Å². The van der Waals surface area contributed by atoms with Crippen molar-refractivity contribution in [2.45, 2.75) is 45.4 Å². The molecular formula is C40H37ClN8O4. The van der Waals surface area contributed by atoms with E-state index in [4.69, 9.17) is 26.0 Å². The Labute approximate surface area is 310 Å². The van der Waals surface area contributed by atoms with Gasteiger partial charge in [0.15, 0.2) is 11.4 Å². The fraction of sp³-hybridized carbons (Fsp3) is 0.300. The van der Waals surface area contributed by atoms with E-state index in [0.29, 0.717) is 64.8 Å². The lowest BCUT2D eigenvalue weighted by atomic mass is 9.97. The van der Waals surface area contributed by atoms with Gasteiger partial charge < -0.3 is 19.9 Å². The first-order valence-electron chi connectivity index (χ1n) is 17.7. The molecule has 3 N–H and O–H groups in total. The molecule has 268 valence electrons. The number of oxazole rings is 1. The number of rotatable bonds is 9. The van der Waals surface area contributed by atoms with E-state index in [2.05, 4.69) is 37.2 Å². The number of piperidine rings is 1. The highest BCUT2D eigenvalue weighted by atomic mass is 35.5. The number of carbonyl (C=O) groups is 1. The Balaban J connectivity index is 1.06. The van der Waals surface area contributed by atoms with Crippen LogP contribution in [0.1, 0.15) is 41.5 Å². The summed E-state index contributed by atoms with van der Waals surface area (Å²) >= 11 is 7.08. The van der Waals surface area contributed by atoms with Gasteiger partial charge in [0.25, 0.3) is 0 Å². The van der Waals surface area contributed by atoms with Gasteiger partial charge >= 0.3 is 5.97 Å². The second-order valence-corrected chi connectivity index (χ2v) is 14.3. The maximum Gasteiger partial charge on any atom is 0.307 e. The molecule has 2 saturated heterocycles. The molecule has 2 atom stereocenters. The zero-order chi connectivity index (χ0) is 36.6. The van der Waals surface area contributed by atoms with Gasteiger partial charge in [0.1, 0.15) is 17.1 Å². The normalized spacial score (nSPS) is 18.1. The molecule has 6 aromatic rings. The van der Waals surface area contributed by atoms with Crippen LogP contribution in [0.15, 0.2) is 71.5 Å². The van der Waals surface area contributed by atoms with Crippen LogP contribution in [-0.2, 0) is 17.9 Å². The van der Waals surface area contributed by atoms with Crippen molar-refractivity contribution < 1.29 is 19.4 Å². The fourth-order valence-corrected chi connectivity index (χ4v) is 7.78. The number of hydrogen-bond donors (Lipinski definition) is 3. The molecule has 2 aliphatic rings. The number of aliphatic hydroxyl groups excluding tert-OH is 1. The molecule has 13 heteroatoms. The molecule has 4 aromatic heterocycles. The molecular weight excluding hydrogens is 692 g/mol. The maximum atomic E-state index is 11.6. The van der Waals surface area contributed by atoms with Crippen molar-refractivity contribution in [1.82, 2.24) is 29.7 Å². The quantitative estimate of drug-likeness (QED) is 0.141. The third-order valence-electron chi connectivity index (χ3n) is 10.2. The van der Waals surface area contributed by atoms with Crippen LogP contribution in [0.2, 0.25) is 5.02 Å². The maximum absolute atomic E-state index is 11.6. The average molecular weight is 729 g/mol. The lowest BCUT2D eigenvalue weighted by molar-refractivity contribution is -0.143. The molecule has 2 fully saturated rings. The first kappa shape index (κ1) is 34.6. The summed E-state index contributed by atoms with van der Waals surface area (Å²) in [5, 5.41) is 34.3. The SMILES string of the molecule is Cc1c(Nc2nccc3cc(CN4CCC(O)C4)cnc23)cccc1-c1nccc(-c2nc3cc(CN4CCCC(C(=O)O)C4)cc(C#N)c3o2)c1Cl. The summed E-state index contributed by atoms with van der Waals surface area (Å²) < 4.78 is 6.19. The first-order chi connectivity index (χ1) is 25.7. The number of fused-ring (bicyclic) bond motifs is 2. The summed E-state index contributed by atoms with van der Waals surface area (Å²) in [7, 11) is 0. The second-order valence-electron chi connectivity index (χ2n) is 13.9. The predicted octanol–water partition coefficient (Wildman–Crippen LogP) is 6.94. The predicted molar refractivity (Wildman–Crippen MR) is 201 cm³/mol. The number of aliphatic carboxylic acids is 1. The van der Waals surface area contributed by atoms with Gasteiger partial charge in [-0.1, -0.05) is 23.7 Å². The summed E-state index contributed by atoms with van der Waals surface area (Å²) in [6.45, 7) is 6.04. The molecule has 0 spiro atoms. The Morgan fingerprint density at radius 3 is 2.66 bits per heavy atom. The van der Waals surface area contributed by atoms with Gasteiger partial charge in [-0.3, -0.25) is 24.6 Å². The van der Waals surface area contributed by atoms with Crippen molar-refractivity contribution in [3.05, 3.63) is 94.4 Å². The average Bonchev–Trinajstić information content (AvgIpc) is 3.78. The van der Waals surface area contributed by atoms with Gasteiger partial charge in [0.2, 0.25) is 5.89 Å². The van der Waals surface area contributed by atoms with Gasteiger partial charge in [0.05, 0.1) is 33.9 Å². The summed E-state index contributed by atoms with van der Waals surface area (Å²) in [5.74, 6) is -0.281. The number of nitrogens with zero attached hydrogens (tertiary/aromatic N) is 7. The van der Waals surface area contributed by atoms with Crippen molar-refractivity contribution in [2.24, 2.45) is 5.92 Å². The smallest absolute Gasteiger partial charge is 0.307 e. The zero-order valence-corrected chi connectivity index (χ0v) is 29.8. The molecule has 53 heavy (non-hydrogen) atoms. The molecule has 2 aliphatic heterocycles. The fourth-order valence-electron chi connectivity index (χ4n) is 7.49. The Bertz CT molecular complexity index is 2410. The number of nitrogens with one attached hydrogen (secondary N) is 1. The molecule has 12 nitrogen and oxygen atoms in total. The number of aromatic nitrogens is 4. The molecule has 2 unspecified atom stereocenters. The van der Waals surface area contributed by atoms with Crippen molar-refractivity contribution in [3.63, 3.8) is 0 Å². The molecule has 0 aliphatic carbocycles. The topological polar surface area (TPSA) is 165 Å². The summed E-state index contributed by atoms with van der Waals surface area (Å²) in [4.78, 5) is 34.7. The Morgan fingerprint density at radius 1 is 1.02 bits per heavy atom. The standard InChI is InChI=1S/C40H37ClN8O4/c1-23-30(5-2-6-32(23)46-38-35-26(7-10-44-38)15-25(18-45-35)20-49-13-9-29(50)22-49)36-34(41)31(8-11-43-36)39-47-33-16-24(14-28(17-42)37(33)53-39)19-48-12-3-4-27(21-48)40(51)52/h2,5-8,10-11,14-16,18,27,29,50H,3-4,9,12-13,19-22H2,1H3,(H,44,46)(H,51,52). The molecule has 2 aromatic carbocycles. The number of anilines is 2. The van der Waals surface area contributed by atoms with Gasteiger partial charge in [-0.05, 0) is 85.8 Å². The Kier molecular flexibility index (Phi) is 9.49. The largest absolute Gasteiger partial charge is 0.481 e. The molecule has 0 radical (unpaired) electrons. The zero-order valence-electron chi connectivity index (χ0n) is 29.1. The van der Waals surface area contributed by atoms with E-state index in [1.165, 1.54) is 0 Å². The van der Waals surface area contributed by atoms with Crippen molar-refractivity contribution in [2.75, 3.05) is 31.5 Å². The number of likely N-dealkylation sites (tertiary alicyclic amines) is 2. The minimum absolute atomic E-state index is 0.267. The molecule has 0 amide bonds. The third-order valence-corrected chi connectivity index (χ3v) is 10.6. The van der Waals surface area contributed by atoms with E-state index in [1.807, 2.05) is 43.5 Å². The number of hydrogen-bond acceptors (Lipinski definition) is 11. The minimum atomic E-state index is -0.777. The van der Waals surface area contributed by atoms with E-state index in [-0.39, 0.29) is 12.0 Å². The van der Waals surface area contributed by atoms with E-state index in [9.17, 15) is 20.3 Å². The number of β-amino-alcohol motifs (C(OH)–C–C–N with tert-alkyl or cyclic N) is 1. The number of carboxylic acid groups (broad SMARTS) is 1. The number of carboxylic acids is 1. The Morgan fingerprint density at radius 2 is 1.85 bits per heavy atom. The van der Waals surface area contributed by atoms with Crippen LogP contribution < -0.4 is 5.32 Å². The first-order valence-corrected chi connectivity index (χ1v) is 18.1. The van der Waals surface area contributed by atoms with E-state index >= 15 is 0 Å². The summed E-state index contributed by atoms with van der Waals surface area (Å²) in [6, 6.07) is 17.6. The lowest BCUT2D eigenvalue weighted by Crippen LogP contribution is -2.38. The number of halogens is 1. The molecule has 6 heterocycles. The molecule has 0 saturated carbocycles. The van der Waals surface area contributed by atoms with E-state index in [1.54, 1.807) is 24.5 Å². The van der Waals surface area contributed by atoms with E-state index < -0.39 is 11.9 Å². The van der Waals surface area contributed by atoms with Crippen LogP contribution in [-0.4, -0.2) is 78.2 Å². The highest BCUT2D eigenvalue weighted by Gasteiger charge is 2.26. The number of pyridine rings is 3. The van der Waals surface area contributed by atoms with Gasteiger partial charge in [-0.2, -0.15) is 5.26 Å². The number of aliphatic hydroxyl groups is 1. The van der Waals surface area contributed by atoms with Gasteiger partial charge in [0, 0.05) is 68.0 Å². The van der Waals surface area contributed by atoms with Crippen LogP contribution in [0.3, 0.4) is 0 Å². The Hall–Kier alpha value is -5.45. The summed E-state index contributed by atoms with van der Waals surface area (Å²) in [6.07, 6.45) is 7.30. The highest BCUT2D eigenvalue weighted by molar-refractivity contribution is 6.35. The third kappa shape index (κ3) is 7.04. The monoisotopic (exact) mass is 728 g/mol. The molecule has 8 rings (SSSR count). The number of nitriles is 1. The number of benzene rings is 2. The van der Waals surface area contributed by atoms with Crippen LogP contribution >= 0.6 is 11.6 Å². The van der Waals surface area contributed by atoms with Crippen molar-refractivity contribution in [3.8, 4) is 28.8 Å². The van der Waals surface area contributed by atoms with Crippen LogP contribution in [0, 0.1) is 24.2 Å². The second kappa shape index (κ2) is 14.5. The highest BCUT2D eigenvalue weighted by Crippen LogP contribution is 2.39. The van der Waals surface area contributed by atoms with Gasteiger partial charge in [-0.15, -0.1) is 0 Å². The summed E-state index contributed by atoms with van der Waals surface area (Å²) in [5.41, 5.74) is 7.54. The van der Waals surface area contributed by atoms with Crippen LogP contribution in [0.4, 0.5) is 11.5 Å². The van der Waals surface area contributed by atoms with Crippen molar-refractivity contribution in [1.29, 1.82) is 5.26 Å². The molecule has 0 bridgehead atoms. The minimum Gasteiger partial charge on any atom is -0.481 e.